The minimum absolute atomic E-state index is 0.00843. The average Bonchev–Trinajstić information content (AvgIpc) is 2.83. The van der Waals surface area contributed by atoms with Gasteiger partial charge in [0.2, 0.25) is 5.91 Å². The lowest BCUT2D eigenvalue weighted by molar-refractivity contribution is -0.114. The summed E-state index contributed by atoms with van der Waals surface area (Å²) in [6.07, 6.45) is 0. The molecule has 2 amide bonds. The Labute approximate surface area is 221 Å². The van der Waals surface area contributed by atoms with Crippen molar-refractivity contribution in [3.8, 4) is 0 Å². The fourth-order valence-electron chi connectivity index (χ4n) is 3.62. The highest BCUT2D eigenvalue weighted by molar-refractivity contribution is 7.92. The highest BCUT2D eigenvalue weighted by Crippen LogP contribution is 2.30. The number of para-hydroxylation sites is 1. The molecule has 0 radical (unpaired) electrons. The van der Waals surface area contributed by atoms with Crippen LogP contribution in [-0.2, 0) is 14.8 Å². The topological polar surface area (TPSA) is 86.8 Å². The maximum absolute atomic E-state index is 13.6. The predicted molar refractivity (Wildman–Crippen MR) is 144 cm³/mol. The summed E-state index contributed by atoms with van der Waals surface area (Å²) in [6.45, 7) is 6.03. The number of halogens is 2. The van der Waals surface area contributed by atoms with Gasteiger partial charge in [0, 0.05) is 23.1 Å². The van der Waals surface area contributed by atoms with Crippen LogP contribution in [0.5, 0.6) is 0 Å². The van der Waals surface area contributed by atoms with Gasteiger partial charge in [-0.3, -0.25) is 13.9 Å². The molecular formula is C26H27Cl2N3O4S. The Kier molecular flexibility index (Phi) is 9.00. The second kappa shape index (κ2) is 11.8. The summed E-state index contributed by atoms with van der Waals surface area (Å²) >= 11 is 12.3. The van der Waals surface area contributed by atoms with Crippen LogP contribution in [0.1, 0.15) is 29.8 Å². The lowest BCUT2D eigenvalue weighted by Gasteiger charge is -2.25. The summed E-state index contributed by atoms with van der Waals surface area (Å²) < 4.78 is 28.1. The molecule has 3 aromatic rings. The fraction of sp³-hybridized carbons (Fsp3) is 0.231. The molecule has 36 heavy (non-hydrogen) atoms. The molecule has 0 heterocycles. The molecule has 0 atom stereocenters. The Balaban J connectivity index is 1.98. The van der Waals surface area contributed by atoms with Crippen LogP contribution in [0, 0.1) is 6.92 Å². The summed E-state index contributed by atoms with van der Waals surface area (Å²) in [4.78, 5) is 27.8. The first-order valence-corrected chi connectivity index (χ1v) is 13.5. The van der Waals surface area contributed by atoms with E-state index in [2.05, 4.69) is 5.32 Å². The maximum Gasteiger partial charge on any atom is 0.264 e. The quantitative estimate of drug-likeness (QED) is 0.376. The number of carbonyl (C=O) groups excluding carboxylic acids is 2. The van der Waals surface area contributed by atoms with E-state index in [0.717, 1.165) is 9.87 Å². The van der Waals surface area contributed by atoms with Gasteiger partial charge < -0.3 is 10.2 Å². The van der Waals surface area contributed by atoms with Crippen molar-refractivity contribution in [2.45, 2.75) is 25.7 Å². The summed E-state index contributed by atoms with van der Waals surface area (Å²) in [7, 11) is -4.16. The van der Waals surface area contributed by atoms with Crippen molar-refractivity contribution in [3.63, 3.8) is 0 Å². The standard InChI is InChI=1S/C26H27Cl2N3O4S/c1-4-30(5-2)26(33)23-8-6-7-9-24(23)29-25(32)17-31(21-15-19(27)14-20(28)16-21)36(34,35)22-12-10-18(3)11-13-22/h6-16H,4-5,17H2,1-3H3,(H,29,32). The van der Waals surface area contributed by atoms with E-state index in [4.69, 9.17) is 23.2 Å². The number of aryl methyl sites for hydroxylation is 1. The molecule has 0 saturated heterocycles. The Morgan fingerprint density at radius 3 is 2.06 bits per heavy atom. The third kappa shape index (κ3) is 6.37. The Morgan fingerprint density at radius 1 is 0.889 bits per heavy atom. The number of carbonyl (C=O) groups is 2. The molecule has 7 nitrogen and oxygen atoms in total. The lowest BCUT2D eigenvalue weighted by Crippen LogP contribution is -2.38. The first-order valence-electron chi connectivity index (χ1n) is 11.3. The normalized spacial score (nSPS) is 11.1. The molecule has 0 aliphatic rings. The molecule has 0 fully saturated rings. The van der Waals surface area contributed by atoms with Crippen molar-refractivity contribution in [2.75, 3.05) is 29.3 Å². The SMILES string of the molecule is CCN(CC)C(=O)c1ccccc1NC(=O)CN(c1cc(Cl)cc(Cl)c1)S(=O)(=O)c1ccc(C)cc1. The molecule has 10 heteroatoms. The molecular weight excluding hydrogens is 521 g/mol. The number of amides is 2. The van der Waals surface area contributed by atoms with E-state index in [-0.39, 0.29) is 32.2 Å². The van der Waals surface area contributed by atoms with Crippen LogP contribution in [-0.4, -0.2) is 44.8 Å². The second-order valence-corrected chi connectivity index (χ2v) is 10.8. The molecule has 0 saturated carbocycles. The summed E-state index contributed by atoms with van der Waals surface area (Å²) in [5.41, 5.74) is 1.62. The van der Waals surface area contributed by atoms with E-state index in [1.54, 1.807) is 41.3 Å². The number of rotatable bonds is 9. The molecule has 190 valence electrons. The molecule has 0 bridgehead atoms. The van der Waals surface area contributed by atoms with E-state index in [1.165, 1.54) is 30.3 Å². The van der Waals surface area contributed by atoms with Gasteiger partial charge >= 0.3 is 0 Å². The first kappa shape index (κ1) is 27.5. The van der Waals surface area contributed by atoms with Crippen LogP contribution >= 0.6 is 23.2 Å². The second-order valence-electron chi connectivity index (χ2n) is 8.02. The molecule has 0 aliphatic heterocycles. The number of hydrogen-bond donors (Lipinski definition) is 1. The molecule has 0 unspecified atom stereocenters. The first-order chi connectivity index (χ1) is 17.1. The number of hydrogen-bond acceptors (Lipinski definition) is 4. The zero-order valence-electron chi connectivity index (χ0n) is 20.2. The van der Waals surface area contributed by atoms with Crippen LogP contribution in [0.25, 0.3) is 0 Å². The van der Waals surface area contributed by atoms with Gasteiger partial charge in [-0.15, -0.1) is 0 Å². The zero-order valence-corrected chi connectivity index (χ0v) is 22.5. The van der Waals surface area contributed by atoms with E-state index in [0.29, 0.717) is 18.7 Å². The lowest BCUT2D eigenvalue weighted by atomic mass is 10.1. The van der Waals surface area contributed by atoms with Gasteiger partial charge in [-0.1, -0.05) is 53.0 Å². The van der Waals surface area contributed by atoms with Crippen LogP contribution < -0.4 is 9.62 Å². The third-order valence-corrected chi connectivity index (χ3v) is 7.74. The van der Waals surface area contributed by atoms with Gasteiger partial charge in [0.15, 0.2) is 0 Å². The predicted octanol–water partition coefficient (Wildman–Crippen LogP) is 5.62. The number of nitrogens with zero attached hydrogens (tertiary/aromatic N) is 2. The molecule has 1 N–H and O–H groups in total. The number of benzene rings is 3. The van der Waals surface area contributed by atoms with E-state index < -0.39 is 22.5 Å². The fourth-order valence-corrected chi connectivity index (χ4v) is 5.53. The maximum atomic E-state index is 13.6. The largest absolute Gasteiger partial charge is 0.339 e. The molecule has 0 aromatic heterocycles. The van der Waals surface area contributed by atoms with Crippen LogP contribution in [0.15, 0.2) is 71.6 Å². The van der Waals surface area contributed by atoms with Gasteiger partial charge in [0.25, 0.3) is 15.9 Å². The van der Waals surface area contributed by atoms with Crippen molar-refractivity contribution in [1.29, 1.82) is 0 Å². The molecule has 0 spiro atoms. The highest BCUT2D eigenvalue weighted by Gasteiger charge is 2.28. The zero-order chi connectivity index (χ0) is 26.5. The van der Waals surface area contributed by atoms with Crippen molar-refractivity contribution >= 4 is 56.4 Å². The van der Waals surface area contributed by atoms with Gasteiger partial charge in [-0.25, -0.2) is 8.42 Å². The summed E-state index contributed by atoms with van der Waals surface area (Å²) in [5.74, 6) is -0.872. The van der Waals surface area contributed by atoms with Crippen LogP contribution in [0.3, 0.4) is 0 Å². The Morgan fingerprint density at radius 2 is 1.47 bits per heavy atom. The van der Waals surface area contributed by atoms with Crippen molar-refractivity contribution < 1.29 is 18.0 Å². The van der Waals surface area contributed by atoms with Gasteiger partial charge in [-0.05, 0) is 63.2 Å². The number of nitrogens with one attached hydrogen (secondary N) is 1. The Bertz CT molecular complexity index is 1340. The number of anilines is 2. The minimum Gasteiger partial charge on any atom is -0.339 e. The number of sulfonamides is 1. The molecule has 3 aromatic carbocycles. The molecule has 0 aliphatic carbocycles. The minimum atomic E-state index is -4.16. The van der Waals surface area contributed by atoms with E-state index in [1.807, 2.05) is 20.8 Å². The van der Waals surface area contributed by atoms with Gasteiger partial charge in [0.1, 0.15) is 6.54 Å². The molecule has 3 rings (SSSR count). The average molecular weight is 548 g/mol. The van der Waals surface area contributed by atoms with Crippen molar-refractivity contribution in [1.82, 2.24) is 4.90 Å². The van der Waals surface area contributed by atoms with Crippen molar-refractivity contribution in [3.05, 3.63) is 87.9 Å². The van der Waals surface area contributed by atoms with Gasteiger partial charge in [-0.2, -0.15) is 0 Å². The third-order valence-electron chi connectivity index (χ3n) is 5.51. The van der Waals surface area contributed by atoms with Gasteiger partial charge in [0.05, 0.1) is 21.8 Å². The monoisotopic (exact) mass is 547 g/mol. The van der Waals surface area contributed by atoms with E-state index in [9.17, 15) is 18.0 Å². The Hall–Kier alpha value is -3.07. The summed E-state index contributed by atoms with van der Waals surface area (Å²) in [6, 6.07) is 17.2. The highest BCUT2D eigenvalue weighted by atomic mass is 35.5. The van der Waals surface area contributed by atoms with Crippen LogP contribution in [0.4, 0.5) is 11.4 Å². The van der Waals surface area contributed by atoms with Crippen molar-refractivity contribution in [2.24, 2.45) is 0 Å². The van der Waals surface area contributed by atoms with E-state index >= 15 is 0 Å². The van der Waals surface area contributed by atoms with Crippen LogP contribution in [0.2, 0.25) is 10.0 Å². The summed E-state index contributed by atoms with van der Waals surface area (Å²) in [5, 5.41) is 3.14. The smallest absolute Gasteiger partial charge is 0.264 e.